The van der Waals surface area contributed by atoms with E-state index in [0.29, 0.717) is 10.6 Å². The Morgan fingerprint density at radius 2 is 2.27 bits per heavy atom. The van der Waals surface area contributed by atoms with Crippen LogP contribution >= 0.6 is 11.6 Å². The number of methoxy groups -OCH3 is 1. The van der Waals surface area contributed by atoms with Gasteiger partial charge in [-0.2, -0.15) is 0 Å². The molecule has 80 valence electrons. The summed E-state index contributed by atoms with van der Waals surface area (Å²) in [6.07, 6.45) is 1.26. The Hall–Kier alpha value is -1.55. The van der Waals surface area contributed by atoms with E-state index in [1.54, 1.807) is 0 Å². The average Bonchev–Trinajstić information content (AvgIpc) is 2.22. The lowest BCUT2D eigenvalue weighted by Crippen LogP contribution is -2.12. The van der Waals surface area contributed by atoms with Crippen molar-refractivity contribution in [2.24, 2.45) is 5.73 Å². The van der Waals surface area contributed by atoms with Crippen LogP contribution in [0.25, 0.3) is 6.08 Å². The maximum Gasteiger partial charge on any atom is 0.353 e. The summed E-state index contributed by atoms with van der Waals surface area (Å²) in [7, 11) is 1.20. The van der Waals surface area contributed by atoms with Gasteiger partial charge in [0.1, 0.15) is 11.5 Å². The number of hydrogen-bond donors (Lipinski definition) is 1. The van der Waals surface area contributed by atoms with Crippen molar-refractivity contribution >= 4 is 23.6 Å². The summed E-state index contributed by atoms with van der Waals surface area (Å²) in [5.74, 6) is -1.14. The lowest BCUT2D eigenvalue weighted by atomic mass is 10.2. The first-order valence-electron chi connectivity index (χ1n) is 4.05. The molecule has 1 aromatic rings. The molecule has 15 heavy (non-hydrogen) atoms. The van der Waals surface area contributed by atoms with Gasteiger partial charge in [0.2, 0.25) is 0 Å². The fourth-order valence-corrected chi connectivity index (χ4v) is 1.14. The maximum absolute atomic E-state index is 12.8. The smallest absolute Gasteiger partial charge is 0.353 e. The summed E-state index contributed by atoms with van der Waals surface area (Å²) in [5.41, 5.74) is 5.58. The standard InChI is InChI=1S/C10H9ClFNO2/c1-15-10(14)9(13)5-6-4-7(12)2-3-8(6)11/h2-5H,13H2,1H3/b9-5-. The van der Waals surface area contributed by atoms with Crippen LogP contribution in [-0.4, -0.2) is 13.1 Å². The topological polar surface area (TPSA) is 52.3 Å². The zero-order valence-electron chi connectivity index (χ0n) is 7.96. The average molecular weight is 230 g/mol. The van der Waals surface area contributed by atoms with E-state index in [2.05, 4.69) is 4.74 Å². The van der Waals surface area contributed by atoms with Gasteiger partial charge in [0.05, 0.1) is 7.11 Å². The van der Waals surface area contributed by atoms with E-state index in [-0.39, 0.29) is 5.70 Å². The van der Waals surface area contributed by atoms with Crippen LogP contribution in [-0.2, 0) is 9.53 Å². The number of halogens is 2. The molecule has 1 aromatic carbocycles. The molecule has 0 aliphatic heterocycles. The number of benzene rings is 1. The van der Waals surface area contributed by atoms with Gasteiger partial charge >= 0.3 is 5.97 Å². The van der Waals surface area contributed by atoms with E-state index < -0.39 is 11.8 Å². The molecule has 1 rings (SSSR count). The minimum Gasteiger partial charge on any atom is -0.464 e. The SMILES string of the molecule is COC(=O)/C(N)=C/c1cc(F)ccc1Cl. The van der Waals surface area contributed by atoms with E-state index in [1.807, 2.05) is 0 Å². The molecule has 0 heterocycles. The highest BCUT2D eigenvalue weighted by atomic mass is 35.5. The molecular weight excluding hydrogens is 221 g/mol. The number of rotatable bonds is 2. The largest absolute Gasteiger partial charge is 0.464 e. The van der Waals surface area contributed by atoms with Gasteiger partial charge in [0.15, 0.2) is 0 Å². The number of carbonyl (C=O) groups is 1. The van der Waals surface area contributed by atoms with E-state index >= 15 is 0 Å². The van der Waals surface area contributed by atoms with E-state index in [9.17, 15) is 9.18 Å². The third kappa shape index (κ3) is 2.95. The molecule has 0 aliphatic rings. The molecule has 0 atom stereocenters. The van der Waals surface area contributed by atoms with Crippen LogP contribution in [0.1, 0.15) is 5.56 Å². The molecule has 3 nitrogen and oxygen atoms in total. The van der Waals surface area contributed by atoms with Crippen LogP contribution < -0.4 is 5.73 Å². The summed E-state index contributed by atoms with van der Waals surface area (Å²) >= 11 is 5.77. The van der Waals surface area contributed by atoms with Gasteiger partial charge in [0.25, 0.3) is 0 Å². The first kappa shape index (κ1) is 11.5. The van der Waals surface area contributed by atoms with Crippen molar-refractivity contribution in [1.82, 2.24) is 0 Å². The lowest BCUT2D eigenvalue weighted by molar-refractivity contribution is -0.136. The quantitative estimate of drug-likeness (QED) is 0.623. The zero-order valence-corrected chi connectivity index (χ0v) is 8.72. The van der Waals surface area contributed by atoms with Crippen LogP contribution in [0.3, 0.4) is 0 Å². The predicted octanol–water partition coefficient (Wildman–Crippen LogP) is 1.95. The fourth-order valence-electron chi connectivity index (χ4n) is 0.970. The Morgan fingerprint density at radius 1 is 1.60 bits per heavy atom. The van der Waals surface area contributed by atoms with Crippen molar-refractivity contribution in [2.45, 2.75) is 0 Å². The van der Waals surface area contributed by atoms with Crippen LogP contribution in [0.2, 0.25) is 5.02 Å². The summed E-state index contributed by atoms with van der Waals surface area (Å²) in [6, 6.07) is 3.78. The normalized spacial score (nSPS) is 11.3. The number of carbonyl (C=O) groups excluding carboxylic acids is 1. The summed E-state index contributed by atoms with van der Waals surface area (Å²) in [5, 5.41) is 0.309. The highest BCUT2D eigenvalue weighted by Gasteiger charge is 2.06. The first-order valence-corrected chi connectivity index (χ1v) is 4.43. The number of esters is 1. The van der Waals surface area contributed by atoms with Gasteiger partial charge in [-0.15, -0.1) is 0 Å². The van der Waals surface area contributed by atoms with E-state index in [4.69, 9.17) is 17.3 Å². The van der Waals surface area contributed by atoms with Gasteiger partial charge in [-0.1, -0.05) is 11.6 Å². The second kappa shape index (κ2) is 4.79. The van der Waals surface area contributed by atoms with Crippen molar-refractivity contribution in [3.8, 4) is 0 Å². The van der Waals surface area contributed by atoms with Crippen molar-refractivity contribution in [3.63, 3.8) is 0 Å². The first-order chi connectivity index (χ1) is 7.04. The number of hydrogen-bond acceptors (Lipinski definition) is 3. The molecule has 0 unspecified atom stereocenters. The Balaban J connectivity index is 3.07. The molecular formula is C10H9ClFNO2. The van der Waals surface area contributed by atoms with Gasteiger partial charge in [-0.05, 0) is 29.8 Å². The maximum atomic E-state index is 12.8. The fraction of sp³-hybridized carbons (Fsp3) is 0.100. The minimum absolute atomic E-state index is 0.134. The number of ether oxygens (including phenoxy) is 1. The Kier molecular flexibility index (Phi) is 3.68. The second-order valence-electron chi connectivity index (χ2n) is 2.76. The molecule has 0 fully saturated rings. The van der Waals surface area contributed by atoms with Crippen molar-refractivity contribution in [1.29, 1.82) is 0 Å². The van der Waals surface area contributed by atoms with Crippen molar-refractivity contribution in [3.05, 3.63) is 40.3 Å². The Bertz CT molecular complexity index is 418. The molecule has 0 aliphatic carbocycles. The minimum atomic E-state index is -0.685. The predicted molar refractivity (Wildman–Crippen MR) is 55.6 cm³/mol. The Labute approximate surface area is 91.3 Å². The van der Waals surface area contributed by atoms with Crippen LogP contribution in [0, 0.1) is 5.82 Å². The summed E-state index contributed by atoms with van der Waals surface area (Å²) in [4.78, 5) is 11.0. The van der Waals surface area contributed by atoms with Gasteiger partial charge in [-0.25, -0.2) is 9.18 Å². The third-order valence-corrected chi connectivity index (χ3v) is 2.03. The van der Waals surface area contributed by atoms with E-state index in [1.165, 1.54) is 31.4 Å². The molecule has 0 saturated heterocycles. The monoisotopic (exact) mass is 229 g/mol. The summed E-state index contributed by atoms with van der Waals surface area (Å²) < 4.78 is 17.2. The highest BCUT2D eigenvalue weighted by molar-refractivity contribution is 6.32. The molecule has 0 radical (unpaired) electrons. The Morgan fingerprint density at radius 3 is 2.87 bits per heavy atom. The molecule has 0 bridgehead atoms. The van der Waals surface area contributed by atoms with Gasteiger partial charge in [0, 0.05) is 5.02 Å². The van der Waals surface area contributed by atoms with Gasteiger partial charge < -0.3 is 10.5 Å². The van der Waals surface area contributed by atoms with Crippen molar-refractivity contribution in [2.75, 3.05) is 7.11 Å². The number of nitrogens with two attached hydrogens (primary N) is 1. The summed E-state index contributed by atoms with van der Waals surface area (Å²) in [6.45, 7) is 0. The van der Waals surface area contributed by atoms with Crippen LogP contribution in [0.15, 0.2) is 23.9 Å². The lowest BCUT2D eigenvalue weighted by Gasteiger charge is -2.01. The van der Waals surface area contributed by atoms with Crippen molar-refractivity contribution < 1.29 is 13.9 Å². The van der Waals surface area contributed by atoms with Crippen LogP contribution in [0.5, 0.6) is 0 Å². The molecule has 0 saturated carbocycles. The molecule has 0 aromatic heterocycles. The zero-order chi connectivity index (χ0) is 11.4. The van der Waals surface area contributed by atoms with Crippen LogP contribution in [0.4, 0.5) is 4.39 Å². The highest BCUT2D eigenvalue weighted by Crippen LogP contribution is 2.19. The molecule has 5 heteroatoms. The molecule has 0 spiro atoms. The molecule has 0 amide bonds. The molecule has 2 N–H and O–H groups in total. The van der Waals surface area contributed by atoms with Gasteiger partial charge in [-0.3, -0.25) is 0 Å². The second-order valence-corrected chi connectivity index (χ2v) is 3.16. The third-order valence-electron chi connectivity index (χ3n) is 1.69. The van der Waals surface area contributed by atoms with E-state index in [0.717, 1.165) is 0 Å².